The molecular formula is C8H17NO2. The Morgan fingerprint density at radius 2 is 2.09 bits per heavy atom. The van der Waals surface area contributed by atoms with E-state index in [1.54, 1.807) is 0 Å². The van der Waals surface area contributed by atoms with Gasteiger partial charge in [-0.2, -0.15) is 0 Å². The Kier molecular flexibility index (Phi) is 2.87. The van der Waals surface area contributed by atoms with Crippen molar-refractivity contribution >= 4 is 0 Å². The van der Waals surface area contributed by atoms with Crippen LogP contribution in [0.4, 0.5) is 0 Å². The summed E-state index contributed by atoms with van der Waals surface area (Å²) in [5.74, 6) is 0.779. The monoisotopic (exact) mass is 159 g/mol. The lowest BCUT2D eigenvalue weighted by molar-refractivity contribution is 0.00343. The maximum Gasteiger partial charge on any atom is 0.0744 e. The van der Waals surface area contributed by atoms with Crippen molar-refractivity contribution in [1.82, 2.24) is 5.32 Å². The summed E-state index contributed by atoms with van der Waals surface area (Å²) in [6.07, 6.45) is -0.399. The second-order valence-electron chi connectivity index (χ2n) is 3.52. The predicted octanol–water partition coefficient (Wildman–Crippen LogP) is -0.416. The first kappa shape index (κ1) is 8.97. The van der Waals surface area contributed by atoms with Crippen LogP contribution >= 0.6 is 0 Å². The highest BCUT2D eigenvalue weighted by molar-refractivity contribution is 4.87. The van der Waals surface area contributed by atoms with Gasteiger partial charge in [0.05, 0.1) is 18.8 Å². The molecule has 0 aromatic carbocycles. The average molecular weight is 159 g/mol. The summed E-state index contributed by atoms with van der Waals surface area (Å²) in [5, 5.41) is 21.5. The molecule has 3 N–H and O–H groups in total. The van der Waals surface area contributed by atoms with Crippen LogP contribution < -0.4 is 5.32 Å². The van der Waals surface area contributed by atoms with Crippen LogP contribution in [-0.2, 0) is 0 Å². The Labute approximate surface area is 67.4 Å². The summed E-state index contributed by atoms with van der Waals surface area (Å²) in [4.78, 5) is 0. The summed E-state index contributed by atoms with van der Waals surface area (Å²) >= 11 is 0. The number of piperidine rings is 1. The van der Waals surface area contributed by atoms with Crippen LogP contribution in [0, 0.1) is 11.8 Å². The Balaban J connectivity index is 2.52. The van der Waals surface area contributed by atoms with E-state index in [4.69, 9.17) is 5.11 Å². The van der Waals surface area contributed by atoms with Gasteiger partial charge >= 0.3 is 0 Å². The molecule has 0 aromatic heterocycles. The van der Waals surface area contributed by atoms with Crippen molar-refractivity contribution < 1.29 is 10.2 Å². The van der Waals surface area contributed by atoms with E-state index < -0.39 is 6.10 Å². The van der Waals surface area contributed by atoms with Crippen molar-refractivity contribution in [2.45, 2.75) is 26.0 Å². The molecule has 0 saturated carbocycles. The molecule has 0 spiro atoms. The second-order valence-corrected chi connectivity index (χ2v) is 3.52. The minimum Gasteiger partial charge on any atom is -0.395 e. The van der Waals surface area contributed by atoms with Gasteiger partial charge in [0.25, 0.3) is 0 Å². The number of hydrogen-bond acceptors (Lipinski definition) is 3. The molecule has 0 bridgehead atoms. The van der Waals surface area contributed by atoms with Gasteiger partial charge in [0.15, 0.2) is 0 Å². The molecule has 1 fully saturated rings. The molecule has 0 aromatic rings. The van der Waals surface area contributed by atoms with Crippen LogP contribution in [0.2, 0.25) is 0 Å². The van der Waals surface area contributed by atoms with E-state index in [2.05, 4.69) is 12.2 Å². The van der Waals surface area contributed by atoms with Crippen LogP contribution in [0.15, 0.2) is 0 Å². The fourth-order valence-electron chi connectivity index (χ4n) is 1.52. The highest BCUT2D eigenvalue weighted by atomic mass is 16.3. The Morgan fingerprint density at radius 3 is 2.64 bits per heavy atom. The molecule has 1 heterocycles. The van der Waals surface area contributed by atoms with Gasteiger partial charge in [0.1, 0.15) is 0 Å². The minimum absolute atomic E-state index is 0.0260. The van der Waals surface area contributed by atoms with Crippen molar-refractivity contribution in [3.63, 3.8) is 0 Å². The molecule has 1 rings (SSSR count). The lowest BCUT2D eigenvalue weighted by Crippen LogP contribution is -2.54. The molecule has 66 valence electrons. The molecule has 0 radical (unpaired) electrons. The van der Waals surface area contributed by atoms with Crippen molar-refractivity contribution in [3.8, 4) is 0 Å². The van der Waals surface area contributed by atoms with Crippen LogP contribution in [0.5, 0.6) is 0 Å². The molecular weight excluding hydrogens is 142 g/mol. The topological polar surface area (TPSA) is 52.5 Å². The molecule has 0 amide bonds. The largest absolute Gasteiger partial charge is 0.395 e. The molecule has 0 unspecified atom stereocenters. The third kappa shape index (κ3) is 1.72. The first-order chi connectivity index (χ1) is 5.16. The van der Waals surface area contributed by atoms with Crippen molar-refractivity contribution in [1.29, 1.82) is 0 Å². The van der Waals surface area contributed by atoms with Gasteiger partial charge in [0.2, 0.25) is 0 Å². The maximum atomic E-state index is 9.59. The van der Waals surface area contributed by atoms with Crippen LogP contribution in [0.1, 0.15) is 13.8 Å². The van der Waals surface area contributed by atoms with Gasteiger partial charge < -0.3 is 15.5 Å². The fourth-order valence-corrected chi connectivity index (χ4v) is 1.52. The van der Waals surface area contributed by atoms with E-state index in [9.17, 15) is 5.11 Å². The molecule has 3 heteroatoms. The fraction of sp³-hybridized carbons (Fsp3) is 1.00. The molecule has 11 heavy (non-hydrogen) atoms. The van der Waals surface area contributed by atoms with Gasteiger partial charge in [-0.15, -0.1) is 0 Å². The molecule has 1 aliphatic rings. The number of rotatable bonds is 1. The highest BCUT2D eigenvalue weighted by Crippen LogP contribution is 2.21. The van der Waals surface area contributed by atoms with Gasteiger partial charge in [-0.1, -0.05) is 13.8 Å². The average Bonchev–Trinajstić information content (AvgIpc) is 2.01. The second kappa shape index (κ2) is 3.52. The predicted molar refractivity (Wildman–Crippen MR) is 43.2 cm³/mol. The molecule has 3 nitrogen and oxygen atoms in total. The quantitative estimate of drug-likeness (QED) is 0.487. The first-order valence-corrected chi connectivity index (χ1v) is 4.19. The third-order valence-electron chi connectivity index (χ3n) is 2.75. The Hall–Kier alpha value is -0.120. The van der Waals surface area contributed by atoms with Gasteiger partial charge in [-0.25, -0.2) is 0 Å². The van der Waals surface area contributed by atoms with Crippen molar-refractivity contribution in [2.75, 3.05) is 13.2 Å². The lowest BCUT2D eigenvalue weighted by atomic mass is 9.83. The molecule has 0 aliphatic carbocycles. The van der Waals surface area contributed by atoms with Gasteiger partial charge in [0, 0.05) is 0 Å². The molecule has 1 aliphatic heterocycles. The van der Waals surface area contributed by atoms with E-state index in [-0.39, 0.29) is 18.6 Å². The summed E-state index contributed by atoms with van der Waals surface area (Å²) in [6.45, 7) is 5.05. The molecule has 4 atom stereocenters. The summed E-state index contributed by atoms with van der Waals surface area (Å²) in [7, 11) is 0. The Morgan fingerprint density at radius 1 is 1.45 bits per heavy atom. The number of aliphatic hydroxyl groups excluding tert-OH is 2. The number of aliphatic hydroxyl groups is 2. The zero-order valence-corrected chi connectivity index (χ0v) is 7.12. The first-order valence-electron chi connectivity index (χ1n) is 4.19. The Bertz CT molecular complexity index is 127. The summed E-state index contributed by atoms with van der Waals surface area (Å²) in [5.41, 5.74) is 0. The number of hydrogen-bond donors (Lipinski definition) is 3. The van der Waals surface area contributed by atoms with Crippen LogP contribution in [0.25, 0.3) is 0 Å². The van der Waals surface area contributed by atoms with E-state index in [1.165, 1.54) is 0 Å². The molecule has 1 saturated heterocycles. The smallest absolute Gasteiger partial charge is 0.0744 e. The zero-order chi connectivity index (χ0) is 8.43. The third-order valence-corrected chi connectivity index (χ3v) is 2.75. The van der Waals surface area contributed by atoms with E-state index in [1.807, 2.05) is 6.92 Å². The van der Waals surface area contributed by atoms with E-state index >= 15 is 0 Å². The standard InChI is InChI=1S/C8H17NO2/c1-5-3-9-7(4-10)8(11)6(5)2/h5-11H,3-4H2,1-2H3/t5-,6+,7+,8-/m0/s1. The zero-order valence-electron chi connectivity index (χ0n) is 7.12. The highest BCUT2D eigenvalue weighted by Gasteiger charge is 2.32. The number of nitrogens with one attached hydrogen (secondary N) is 1. The SMILES string of the molecule is C[C@H]1[C@H](O)[C@@H](CO)NC[C@@H]1C. The lowest BCUT2D eigenvalue weighted by Gasteiger charge is -2.37. The van der Waals surface area contributed by atoms with Gasteiger partial charge in [-0.05, 0) is 18.4 Å². The van der Waals surface area contributed by atoms with E-state index in [0.29, 0.717) is 5.92 Å². The summed E-state index contributed by atoms with van der Waals surface area (Å²) < 4.78 is 0. The summed E-state index contributed by atoms with van der Waals surface area (Å²) in [6, 6.07) is -0.124. The van der Waals surface area contributed by atoms with Crippen LogP contribution in [-0.4, -0.2) is 35.5 Å². The van der Waals surface area contributed by atoms with Crippen molar-refractivity contribution in [3.05, 3.63) is 0 Å². The maximum absolute atomic E-state index is 9.59. The normalized spacial score (nSPS) is 45.8. The van der Waals surface area contributed by atoms with Gasteiger partial charge in [-0.3, -0.25) is 0 Å². The van der Waals surface area contributed by atoms with Crippen LogP contribution in [0.3, 0.4) is 0 Å². The minimum atomic E-state index is -0.399. The van der Waals surface area contributed by atoms with E-state index in [0.717, 1.165) is 6.54 Å². The van der Waals surface area contributed by atoms with Crippen molar-refractivity contribution in [2.24, 2.45) is 11.8 Å².